The van der Waals surface area contributed by atoms with E-state index in [-0.39, 0.29) is 11.1 Å². The molecule has 0 unspecified atom stereocenters. The summed E-state index contributed by atoms with van der Waals surface area (Å²) in [6.07, 6.45) is 1.89. The van der Waals surface area contributed by atoms with Gasteiger partial charge in [0.1, 0.15) is 5.82 Å². The van der Waals surface area contributed by atoms with Gasteiger partial charge in [0.15, 0.2) is 5.16 Å². The molecule has 4 rings (SSSR count). The van der Waals surface area contributed by atoms with E-state index in [1.165, 1.54) is 12.1 Å². The maximum absolute atomic E-state index is 13.1. The van der Waals surface area contributed by atoms with Gasteiger partial charge < -0.3 is 8.98 Å². The van der Waals surface area contributed by atoms with Gasteiger partial charge >= 0.3 is 0 Å². The zero-order valence-corrected chi connectivity index (χ0v) is 16.4. The molecule has 0 N–H and O–H groups in total. The Kier molecular flexibility index (Phi) is 5.25. The third-order valence-electron chi connectivity index (χ3n) is 4.37. The highest BCUT2D eigenvalue weighted by atomic mass is 32.2. The molecule has 0 aliphatic rings. The highest BCUT2D eigenvalue weighted by molar-refractivity contribution is 7.99. The Bertz CT molecular complexity index is 1060. The minimum absolute atomic E-state index is 0.0713. The summed E-state index contributed by atoms with van der Waals surface area (Å²) in [5.74, 6) is 0.593. The van der Waals surface area contributed by atoms with Crippen LogP contribution in [-0.2, 0) is 6.54 Å². The molecule has 0 aliphatic heterocycles. The van der Waals surface area contributed by atoms with Crippen LogP contribution in [0.2, 0.25) is 0 Å². The molecule has 0 saturated heterocycles. The molecule has 0 spiro atoms. The SMILES string of the molecule is CCn1c(-c2ccccc2)cnc1S[C@@H](C)c1nnc(-c2ccc(F)cc2)o1. The Morgan fingerprint density at radius 2 is 1.79 bits per heavy atom. The summed E-state index contributed by atoms with van der Waals surface area (Å²) in [7, 11) is 0. The van der Waals surface area contributed by atoms with Crippen LogP contribution in [0.15, 0.2) is 70.4 Å². The fourth-order valence-corrected chi connectivity index (χ4v) is 3.89. The van der Waals surface area contributed by atoms with Crippen molar-refractivity contribution >= 4 is 11.8 Å². The van der Waals surface area contributed by atoms with Gasteiger partial charge in [-0.1, -0.05) is 42.1 Å². The highest BCUT2D eigenvalue weighted by Gasteiger charge is 2.20. The van der Waals surface area contributed by atoms with Gasteiger partial charge in [0, 0.05) is 12.1 Å². The Balaban J connectivity index is 1.55. The summed E-state index contributed by atoms with van der Waals surface area (Å²) in [6.45, 7) is 4.91. The van der Waals surface area contributed by atoms with E-state index in [0.29, 0.717) is 17.3 Å². The first kappa shape index (κ1) is 18.4. The number of rotatable bonds is 6. The van der Waals surface area contributed by atoms with Crippen LogP contribution >= 0.6 is 11.8 Å². The maximum Gasteiger partial charge on any atom is 0.247 e. The monoisotopic (exact) mass is 394 g/mol. The van der Waals surface area contributed by atoms with E-state index in [0.717, 1.165) is 23.0 Å². The average molecular weight is 394 g/mol. The predicted molar refractivity (Wildman–Crippen MR) is 107 cm³/mol. The van der Waals surface area contributed by atoms with Crippen molar-refractivity contribution in [1.82, 2.24) is 19.7 Å². The standard InChI is InChI=1S/C21H19FN4OS/c1-3-26-18(15-7-5-4-6-8-15)13-23-21(26)28-14(2)19-24-25-20(27-19)16-9-11-17(22)12-10-16/h4-14H,3H2,1-2H3/t14-/m0/s1. The number of hydrogen-bond acceptors (Lipinski definition) is 5. The second-order valence-corrected chi connectivity index (χ2v) is 7.56. The summed E-state index contributed by atoms with van der Waals surface area (Å²) in [5.41, 5.74) is 2.90. The van der Waals surface area contributed by atoms with Crippen LogP contribution in [0.3, 0.4) is 0 Å². The summed E-state index contributed by atoms with van der Waals surface area (Å²) in [6, 6.07) is 16.2. The van der Waals surface area contributed by atoms with Gasteiger partial charge in [-0.3, -0.25) is 0 Å². The molecule has 5 nitrogen and oxygen atoms in total. The van der Waals surface area contributed by atoms with Crippen LogP contribution < -0.4 is 0 Å². The second-order valence-electron chi connectivity index (χ2n) is 6.25. The fraction of sp³-hybridized carbons (Fsp3) is 0.190. The number of benzene rings is 2. The van der Waals surface area contributed by atoms with Gasteiger partial charge in [0.2, 0.25) is 11.8 Å². The van der Waals surface area contributed by atoms with E-state index in [1.807, 2.05) is 31.3 Å². The first-order valence-electron chi connectivity index (χ1n) is 9.02. The second kappa shape index (κ2) is 7.98. The Morgan fingerprint density at radius 1 is 1.04 bits per heavy atom. The molecule has 28 heavy (non-hydrogen) atoms. The van der Waals surface area contributed by atoms with E-state index < -0.39 is 0 Å². The van der Waals surface area contributed by atoms with Crippen LogP contribution in [0.4, 0.5) is 4.39 Å². The van der Waals surface area contributed by atoms with Crippen LogP contribution in [0, 0.1) is 5.82 Å². The Morgan fingerprint density at radius 3 is 2.50 bits per heavy atom. The van der Waals surface area contributed by atoms with Crippen molar-refractivity contribution in [2.24, 2.45) is 0 Å². The van der Waals surface area contributed by atoms with Crippen molar-refractivity contribution in [3.8, 4) is 22.7 Å². The lowest BCUT2D eigenvalue weighted by Crippen LogP contribution is -2.00. The summed E-state index contributed by atoms with van der Waals surface area (Å²) >= 11 is 1.57. The first-order valence-corrected chi connectivity index (χ1v) is 9.90. The average Bonchev–Trinajstić information content (AvgIpc) is 3.36. The number of aromatic nitrogens is 4. The lowest BCUT2D eigenvalue weighted by atomic mass is 10.2. The van der Waals surface area contributed by atoms with E-state index in [4.69, 9.17) is 4.42 Å². The van der Waals surface area contributed by atoms with Crippen molar-refractivity contribution in [2.75, 3.05) is 0 Å². The summed E-state index contributed by atoms with van der Waals surface area (Å²) in [4.78, 5) is 4.60. The molecule has 0 fully saturated rings. The first-order chi connectivity index (χ1) is 13.7. The third-order valence-corrected chi connectivity index (χ3v) is 5.46. The quantitative estimate of drug-likeness (QED) is 0.398. The molecule has 2 aromatic heterocycles. The van der Waals surface area contributed by atoms with Crippen LogP contribution in [0.1, 0.15) is 25.0 Å². The van der Waals surface area contributed by atoms with E-state index in [1.54, 1.807) is 23.9 Å². The molecule has 0 saturated carbocycles. The van der Waals surface area contributed by atoms with Gasteiger partial charge in [-0.15, -0.1) is 10.2 Å². The van der Waals surface area contributed by atoms with Crippen LogP contribution in [-0.4, -0.2) is 19.7 Å². The highest BCUT2D eigenvalue weighted by Crippen LogP contribution is 2.36. The molecule has 0 amide bonds. The van der Waals surface area contributed by atoms with Gasteiger partial charge in [0.05, 0.1) is 17.1 Å². The number of thioether (sulfide) groups is 1. The third kappa shape index (κ3) is 3.71. The zero-order chi connectivity index (χ0) is 19.5. The minimum Gasteiger partial charge on any atom is -0.419 e. The molecule has 7 heteroatoms. The van der Waals surface area contributed by atoms with E-state index >= 15 is 0 Å². The maximum atomic E-state index is 13.1. The smallest absolute Gasteiger partial charge is 0.247 e. The van der Waals surface area contributed by atoms with Crippen molar-refractivity contribution in [3.63, 3.8) is 0 Å². The molecule has 0 aliphatic carbocycles. The molecular weight excluding hydrogens is 375 g/mol. The number of imidazole rings is 1. The summed E-state index contributed by atoms with van der Waals surface area (Å²) < 4.78 is 21.1. The molecule has 0 bridgehead atoms. The fourth-order valence-electron chi connectivity index (χ4n) is 2.91. The zero-order valence-electron chi connectivity index (χ0n) is 15.5. The molecule has 2 aromatic carbocycles. The molecular formula is C21H19FN4OS. The van der Waals surface area contributed by atoms with Gasteiger partial charge in [-0.2, -0.15) is 0 Å². The molecule has 1 atom stereocenters. The van der Waals surface area contributed by atoms with Crippen molar-refractivity contribution < 1.29 is 8.81 Å². The van der Waals surface area contributed by atoms with Crippen molar-refractivity contribution in [2.45, 2.75) is 30.8 Å². The topological polar surface area (TPSA) is 56.7 Å². The number of nitrogens with zero attached hydrogens (tertiary/aromatic N) is 4. The Hall–Kier alpha value is -2.93. The lowest BCUT2D eigenvalue weighted by Gasteiger charge is -2.11. The number of hydrogen-bond donors (Lipinski definition) is 0. The predicted octanol–water partition coefficient (Wildman–Crippen LogP) is 5.61. The van der Waals surface area contributed by atoms with E-state index in [2.05, 4.69) is 38.8 Å². The minimum atomic E-state index is -0.298. The molecule has 2 heterocycles. The molecule has 4 aromatic rings. The van der Waals surface area contributed by atoms with Crippen LogP contribution in [0.25, 0.3) is 22.7 Å². The number of halogens is 1. The molecule has 142 valence electrons. The van der Waals surface area contributed by atoms with Gasteiger partial charge in [-0.25, -0.2) is 9.37 Å². The largest absolute Gasteiger partial charge is 0.419 e. The Labute approximate surface area is 166 Å². The van der Waals surface area contributed by atoms with Gasteiger partial charge in [0.25, 0.3) is 0 Å². The summed E-state index contributed by atoms with van der Waals surface area (Å²) in [5, 5.41) is 9.09. The van der Waals surface area contributed by atoms with Crippen molar-refractivity contribution in [3.05, 3.63) is 72.5 Å². The molecule has 0 radical (unpaired) electrons. The van der Waals surface area contributed by atoms with Crippen molar-refractivity contribution in [1.29, 1.82) is 0 Å². The lowest BCUT2D eigenvalue weighted by molar-refractivity contribution is 0.508. The normalized spacial score (nSPS) is 12.2. The van der Waals surface area contributed by atoms with Crippen LogP contribution in [0.5, 0.6) is 0 Å². The van der Waals surface area contributed by atoms with Gasteiger partial charge in [-0.05, 0) is 43.7 Å². The van der Waals surface area contributed by atoms with E-state index in [9.17, 15) is 4.39 Å².